The first-order valence-corrected chi connectivity index (χ1v) is 7.59. The summed E-state index contributed by atoms with van der Waals surface area (Å²) in [7, 11) is 0. The minimum atomic E-state index is -0.183. The van der Waals surface area contributed by atoms with Gasteiger partial charge in [-0.3, -0.25) is 4.79 Å². The fraction of sp³-hybridized carbons (Fsp3) is 0.125. The lowest BCUT2D eigenvalue weighted by molar-refractivity contribution is -0.119. The summed E-state index contributed by atoms with van der Waals surface area (Å²) < 4.78 is 1.13. The maximum atomic E-state index is 11.7. The lowest BCUT2D eigenvalue weighted by Gasteiger charge is -2.05. The van der Waals surface area contributed by atoms with Crippen molar-refractivity contribution in [2.45, 2.75) is 6.92 Å². The molecule has 5 heteroatoms. The molecule has 0 aliphatic heterocycles. The fourth-order valence-corrected chi connectivity index (χ4v) is 2.23. The number of amides is 1. The van der Waals surface area contributed by atoms with Gasteiger partial charge in [-0.05, 0) is 59.3 Å². The molecule has 2 aromatic carbocycles. The molecule has 0 aliphatic rings. The van der Waals surface area contributed by atoms with Gasteiger partial charge >= 0.3 is 0 Å². The maximum absolute atomic E-state index is 11.7. The van der Waals surface area contributed by atoms with Crippen LogP contribution in [0.4, 0.5) is 5.69 Å². The lowest BCUT2D eigenvalue weighted by Crippen LogP contribution is -2.25. The van der Waals surface area contributed by atoms with Gasteiger partial charge in [0.2, 0.25) is 0 Å². The van der Waals surface area contributed by atoms with Crippen LogP contribution in [0.5, 0.6) is 0 Å². The van der Waals surface area contributed by atoms with E-state index in [4.69, 9.17) is 0 Å². The summed E-state index contributed by atoms with van der Waals surface area (Å²) in [6.45, 7) is 2.21. The van der Waals surface area contributed by atoms with Crippen molar-refractivity contribution in [3.8, 4) is 0 Å². The predicted octanol–water partition coefficient (Wildman–Crippen LogP) is 3.16. The van der Waals surface area contributed by atoms with Gasteiger partial charge in [0.05, 0.1) is 12.8 Å². The van der Waals surface area contributed by atoms with Crippen LogP contribution in [-0.4, -0.2) is 18.7 Å². The second-order valence-corrected chi connectivity index (χ2v) is 5.81. The Morgan fingerprint density at radius 1 is 1.24 bits per heavy atom. The smallest absolute Gasteiger partial charge is 0.259 e. The number of aryl methyl sites for hydroxylation is 1. The number of hydrogen-bond donors (Lipinski definition) is 2. The highest BCUT2D eigenvalue weighted by Crippen LogP contribution is 2.07. The molecule has 1 amide bonds. The number of benzene rings is 2. The summed E-state index contributed by atoms with van der Waals surface area (Å²) in [6.07, 6.45) is 1.63. The second kappa shape index (κ2) is 7.78. The molecule has 108 valence electrons. The Balaban J connectivity index is 1.78. The zero-order valence-electron chi connectivity index (χ0n) is 11.6. The van der Waals surface area contributed by atoms with E-state index >= 15 is 0 Å². The number of anilines is 1. The summed E-state index contributed by atoms with van der Waals surface area (Å²) in [6, 6.07) is 15.7. The zero-order chi connectivity index (χ0) is 15.1. The maximum Gasteiger partial charge on any atom is 0.259 e. The van der Waals surface area contributed by atoms with E-state index in [9.17, 15) is 4.79 Å². The summed E-state index contributed by atoms with van der Waals surface area (Å²) in [5.41, 5.74) is 5.55. The van der Waals surface area contributed by atoms with Crippen molar-refractivity contribution >= 4 is 40.4 Å². The van der Waals surface area contributed by atoms with Crippen LogP contribution < -0.4 is 10.7 Å². The summed E-state index contributed by atoms with van der Waals surface area (Å²) in [5, 5.41) is 6.98. The van der Waals surface area contributed by atoms with Crippen LogP contribution in [0, 0.1) is 10.5 Å². The third kappa shape index (κ3) is 5.55. The zero-order valence-corrected chi connectivity index (χ0v) is 13.8. The highest BCUT2D eigenvalue weighted by atomic mass is 127. The predicted molar refractivity (Wildman–Crippen MR) is 94.6 cm³/mol. The molecule has 0 spiro atoms. The Morgan fingerprint density at radius 2 is 2.00 bits per heavy atom. The molecule has 0 radical (unpaired) electrons. The van der Waals surface area contributed by atoms with Gasteiger partial charge in [-0.25, -0.2) is 5.43 Å². The van der Waals surface area contributed by atoms with Gasteiger partial charge in [-0.2, -0.15) is 5.10 Å². The van der Waals surface area contributed by atoms with E-state index in [2.05, 4.69) is 38.4 Å². The van der Waals surface area contributed by atoms with Crippen LogP contribution in [0.15, 0.2) is 53.6 Å². The SMILES string of the molecule is Cc1ccc(NCC(=O)N/N=C\c2cccc(I)c2)cc1. The van der Waals surface area contributed by atoms with Crippen LogP contribution in [0.3, 0.4) is 0 Å². The lowest BCUT2D eigenvalue weighted by atomic mass is 10.2. The second-order valence-electron chi connectivity index (χ2n) is 4.57. The molecular weight excluding hydrogens is 377 g/mol. The van der Waals surface area contributed by atoms with Gasteiger partial charge in [0.15, 0.2) is 0 Å². The quantitative estimate of drug-likeness (QED) is 0.466. The number of halogens is 1. The van der Waals surface area contributed by atoms with Gasteiger partial charge in [0.1, 0.15) is 0 Å². The van der Waals surface area contributed by atoms with Crippen LogP contribution in [0.25, 0.3) is 0 Å². The Labute approximate surface area is 137 Å². The molecule has 0 saturated carbocycles. The highest BCUT2D eigenvalue weighted by molar-refractivity contribution is 14.1. The molecule has 0 aromatic heterocycles. The number of hydrazone groups is 1. The topological polar surface area (TPSA) is 53.5 Å². The first-order chi connectivity index (χ1) is 10.1. The Kier molecular flexibility index (Phi) is 5.74. The summed E-state index contributed by atoms with van der Waals surface area (Å²) in [5.74, 6) is -0.183. The molecule has 4 nitrogen and oxygen atoms in total. The van der Waals surface area contributed by atoms with Crippen LogP contribution in [0.1, 0.15) is 11.1 Å². The van der Waals surface area contributed by atoms with Crippen molar-refractivity contribution in [3.05, 3.63) is 63.2 Å². The standard InChI is InChI=1S/C16H16IN3O/c1-12-5-7-15(8-6-12)18-11-16(21)20-19-10-13-3-2-4-14(17)9-13/h2-10,18H,11H2,1H3,(H,20,21)/b19-10-. The Hall–Kier alpha value is -1.89. The van der Waals surface area contributed by atoms with Gasteiger partial charge in [0, 0.05) is 9.26 Å². The third-order valence-corrected chi connectivity index (χ3v) is 3.43. The molecular formula is C16H16IN3O. The first kappa shape index (κ1) is 15.5. The van der Waals surface area contributed by atoms with Crippen molar-refractivity contribution in [2.24, 2.45) is 5.10 Å². The average molecular weight is 393 g/mol. The molecule has 0 fully saturated rings. The molecule has 0 saturated heterocycles. The van der Waals surface area contributed by atoms with Crippen molar-refractivity contribution < 1.29 is 4.79 Å². The van der Waals surface area contributed by atoms with Crippen molar-refractivity contribution in [1.82, 2.24) is 5.43 Å². The highest BCUT2D eigenvalue weighted by Gasteiger charge is 1.99. The van der Waals surface area contributed by atoms with Gasteiger partial charge in [-0.15, -0.1) is 0 Å². The molecule has 0 aliphatic carbocycles. The molecule has 2 rings (SSSR count). The monoisotopic (exact) mass is 393 g/mol. The number of carbonyl (C=O) groups excluding carboxylic acids is 1. The van der Waals surface area contributed by atoms with Gasteiger partial charge in [-0.1, -0.05) is 29.8 Å². The van der Waals surface area contributed by atoms with E-state index in [1.54, 1.807) is 6.21 Å². The van der Waals surface area contributed by atoms with E-state index in [0.29, 0.717) is 0 Å². The molecule has 2 N–H and O–H groups in total. The van der Waals surface area contributed by atoms with Crippen LogP contribution >= 0.6 is 22.6 Å². The molecule has 0 unspecified atom stereocenters. The average Bonchev–Trinajstić information content (AvgIpc) is 2.47. The van der Waals surface area contributed by atoms with E-state index < -0.39 is 0 Å². The molecule has 0 atom stereocenters. The van der Waals surface area contributed by atoms with Gasteiger partial charge < -0.3 is 5.32 Å². The normalized spacial score (nSPS) is 10.6. The van der Waals surface area contributed by atoms with Crippen molar-refractivity contribution in [2.75, 3.05) is 11.9 Å². The van der Waals surface area contributed by atoms with E-state index in [1.807, 2.05) is 55.5 Å². The molecule has 0 bridgehead atoms. The number of hydrogen-bond acceptors (Lipinski definition) is 3. The van der Waals surface area contributed by atoms with E-state index in [-0.39, 0.29) is 12.5 Å². The minimum Gasteiger partial charge on any atom is -0.376 e. The van der Waals surface area contributed by atoms with Crippen molar-refractivity contribution in [3.63, 3.8) is 0 Å². The summed E-state index contributed by atoms with van der Waals surface area (Å²) >= 11 is 2.23. The first-order valence-electron chi connectivity index (χ1n) is 6.51. The van der Waals surface area contributed by atoms with Crippen LogP contribution in [0.2, 0.25) is 0 Å². The molecule has 21 heavy (non-hydrogen) atoms. The molecule has 2 aromatic rings. The Morgan fingerprint density at radius 3 is 2.71 bits per heavy atom. The largest absolute Gasteiger partial charge is 0.376 e. The number of nitrogens with zero attached hydrogens (tertiary/aromatic N) is 1. The Bertz CT molecular complexity index is 638. The summed E-state index contributed by atoms with van der Waals surface area (Å²) in [4.78, 5) is 11.7. The number of rotatable bonds is 5. The van der Waals surface area contributed by atoms with Crippen LogP contribution in [-0.2, 0) is 4.79 Å². The van der Waals surface area contributed by atoms with E-state index in [1.165, 1.54) is 5.56 Å². The third-order valence-electron chi connectivity index (χ3n) is 2.76. The number of carbonyl (C=O) groups is 1. The minimum absolute atomic E-state index is 0.183. The fourth-order valence-electron chi connectivity index (χ4n) is 1.66. The van der Waals surface area contributed by atoms with Crippen molar-refractivity contribution in [1.29, 1.82) is 0 Å². The molecule has 0 heterocycles. The van der Waals surface area contributed by atoms with Gasteiger partial charge in [0.25, 0.3) is 5.91 Å². The number of nitrogens with one attached hydrogen (secondary N) is 2. The van der Waals surface area contributed by atoms with E-state index in [0.717, 1.165) is 14.8 Å².